The predicted molar refractivity (Wildman–Crippen MR) is 142 cm³/mol. The van der Waals surface area contributed by atoms with Crippen molar-refractivity contribution in [3.8, 4) is 17.0 Å². The first kappa shape index (κ1) is 27.2. The van der Waals surface area contributed by atoms with Gasteiger partial charge in [0.15, 0.2) is 5.82 Å². The summed E-state index contributed by atoms with van der Waals surface area (Å²) >= 11 is 0. The molecule has 1 unspecified atom stereocenters. The highest BCUT2D eigenvalue weighted by Crippen LogP contribution is 2.23. The van der Waals surface area contributed by atoms with Crippen LogP contribution in [0.5, 0.6) is 5.75 Å². The van der Waals surface area contributed by atoms with Gasteiger partial charge in [-0.05, 0) is 64.8 Å². The van der Waals surface area contributed by atoms with Gasteiger partial charge in [0.25, 0.3) is 0 Å². The average Bonchev–Trinajstić information content (AvgIpc) is 3.12. The molecule has 1 aliphatic rings. The fourth-order valence-electron chi connectivity index (χ4n) is 4.11. The van der Waals surface area contributed by atoms with E-state index in [1.54, 1.807) is 12.0 Å². The van der Waals surface area contributed by atoms with Crippen LogP contribution in [-0.4, -0.2) is 83.3 Å². The quantitative estimate of drug-likeness (QED) is 0.627. The number of nitrogens with one attached hydrogen (secondary N) is 1. The maximum atomic E-state index is 13.2. The van der Waals surface area contributed by atoms with E-state index in [4.69, 9.17) is 4.74 Å². The minimum Gasteiger partial charge on any atom is -0.497 e. The van der Waals surface area contributed by atoms with E-state index >= 15 is 0 Å². The summed E-state index contributed by atoms with van der Waals surface area (Å²) in [6.07, 6.45) is 1.60. The van der Waals surface area contributed by atoms with Gasteiger partial charge in [-0.3, -0.25) is 4.79 Å². The van der Waals surface area contributed by atoms with Crippen LogP contribution in [-0.2, 0) is 4.79 Å². The van der Waals surface area contributed by atoms with E-state index in [0.717, 1.165) is 42.2 Å². The molecule has 0 radical (unpaired) electrons. The van der Waals surface area contributed by atoms with Crippen LogP contribution in [0.15, 0.2) is 36.4 Å². The molecule has 1 fully saturated rings. The van der Waals surface area contributed by atoms with Crippen molar-refractivity contribution in [3.63, 3.8) is 0 Å². The summed E-state index contributed by atoms with van der Waals surface area (Å²) < 4.78 is 5.30. The Bertz CT molecular complexity index is 1020. The molecular weight excluding hydrogens is 456 g/mol. The number of amides is 3. The standard InChI is InChI=1S/C27H40N6O3/c1-7-20(2)33(26(35)28-27(3,4)5)19-25(34)32-15-9-14-31(16-17-32)24-13-12-23(29-30-24)21-10-8-11-22(18-21)36-6/h8,10-13,18,20H,7,9,14-17,19H2,1-6H3,(H,28,35). The van der Waals surface area contributed by atoms with Gasteiger partial charge in [0, 0.05) is 43.3 Å². The second kappa shape index (κ2) is 12.1. The lowest BCUT2D eigenvalue weighted by atomic mass is 10.1. The van der Waals surface area contributed by atoms with Crippen LogP contribution in [0.1, 0.15) is 47.5 Å². The van der Waals surface area contributed by atoms with Crippen molar-refractivity contribution < 1.29 is 14.3 Å². The Kier molecular flexibility index (Phi) is 9.12. The van der Waals surface area contributed by atoms with Gasteiger partial charge in [-0.15, -0.1) is 10.2 Å². The number of nitrogens with zero attached hydrogens (tertiary/aromatic N) is 5. The number of benzene rings is 1. The SMILES string of the molecule is CCC(C)N(CC(=O)N1CCCN(c2ccc(-c3cccc(OC)c3)nn2)CC1)C(=O)NC(C)(C)C. The Hall–Kier alpha value is -3.36. The molecule has 1 aromatic carbocycles. The highest BCUT2D eigenvalue weighted by Gasteiger charge is 2.28. The Balaban J connectivity index is 1.62. The molecule has 0 aliphatic carbocycles. The summed E-state index contributed by atoms with van der Waals surface area (Å²) in [5.74, 6) is 1.54. The second-order valence-electron chi connectivity index (χ2n) is 10.3. The van der Waals surface area contributed by atoms with E-state index in [0.29, 0.717) is 19.6 Å². The highest BCUT2D eigenvalue weighted by molar-refractivity contribution is 5.84. The van der Waals surface area contributed by atoms with E-state index in [2.05, 4.69) is 20.4 Å². The van der Waals surface area contributed by atoms with Gasteiger partial charge in [-0.2, -0.15) is 0 Å². The van der Waals surface area contributed by atoms with Gasteiger partial charge in [0.2, 0.25) is 5.91 Å². The van der Waals surface area contributed by atoms with Gasteiger partial charge in [-0.25, -0.2) is 4.79 Å². The minimum absolute atomic E-state index is 0.0272. The number of aromatic nitrogens is 2. The van der Waals surface area contributed by atoms with Crippen LogP contribution < -0.4 is 15.0 Å². The third kappa shape index (κ3) is 7.32. The van der Waals surface area contributed by atoms with Gasteiger partial charge in [0.05, 0.1) is 12.8 Å². The Morgan fingerprint density at radius 2 is 1.89 bits per heavy atom. The lowest BCUT2D eigenvalue weighted by molar-refractivity contribution is -0.132. The molecule has 1 atom stereocenters. The summed E-state index contributed by atoms with van der Waals surface area (Å²) in [6, 6.07) is 11.4. The minimum atomic E-state index is -0.363. The summed E-state index contributed by atoms with van der Waals surface area (Å²) in [4.78, 5) is 31.7. The van der Waals surface area contributed by atoms with Crippen molar-refractivity contribution in [2.75, 3.05) is 44.7 Å². The molecule has 0 spiro atoms. The molecule has 2 heterocycles. The van der Waals surface area contributed by atoms with Crippen molar-refractivity contribution in [2.45, 2.75) is 59.0 Å². The molecule has 1 aliphatic heterocycles. The van der Waals surface area contributed by atoms with Crippen molar-refractivity contribution in [1.82, 2.24) is 25.3 Å². The number of ether oxygens (including phenoxy) is 1. The number of anilines is 1. The molecule has 9 nitrogen and oxygen atoms in total. The molecule has 1 N–H and O–H groups in total. The Labute approximate surface area is 214 Å². The third-order valence-corrected chi connectivity index (χ3v) is 6.36. The van der Waals surface area contributed by atoms with E-state index in [9.17, 15) is 9.59 Å². The topological polar surface area (TPSA) is 90.9 Å². The van der Waals surface area contributed by atoms with Crippen LogP contribution >= 0.6 is 0 Å². The number of hydrogen-bond donors (Lipinski definition) is 1. The largest absolute Gasteiger partial charge is 0.497 e. The predicted octanol–water partition coefficient (Wildman–Crippen LogP) is 3.80. The average molecular weight is 497 g/mol. The monoisotopic (exact) mass is 496 g/mol. The molecule has 0 saturated carbocycles. The Morgan fingerprint density at radius 1 is 1.11 bits per heavy atom. The normalized spacial score (nSPS) is 15.2. The highest BCUT2D eigenvalue weighted by atomic mass is 16.5. The molecule has 3 rings (SSSR count). The molecule has 36 heavy (non-hydrogen) atoms. The number of methoxy groups -OCH3 is 1. The molecule has 1 aromatic heterocycles. The van der Waals surface area contributed by atoms with Gasteiger partial charge in [-0.1, -0.05) is 19.1 Å². The Morgan fingerprint density at radius 3 is 2.53 bits per heavy atom. The first-order valence-corrected chi connectivity index (χ1v) is 12.7. The zero-order chi connectivity index (χ0) is 26.3. The smallest absolute Gasteiger partial charge is 0.318 e. The zero-order valence-corrected chi connectivity index (χ0v) is 22.5. The zero-order valence-electron chi connectivity index (χ0n) is 22.5. The van der Waals surface area contributed by atoms with Crippen molar-refractivity contribution in [1.29, 1.82) is 0 Å². The third-order valence-electron chi connectivity index (χ3n) is 6.36. The van der Waals surface area contributed by atoms with Crippen molar-refractivity contribution >= 4 is 17.8 Å². The maximum Gasteiger partial charge on any atom is 0.318 e. The van der Waals surface area contributed by atoms with Crippen LogP contribution in [0.4, 0.5) is 10.6 Å². The summed E-state index contributed by atoms with van der Waals surface area (Å²) in [6.45, 7) is 12.6. The number of hydrogen-bond acceptors (Lipinski definition) is 6. The lowest BCUT2D eigenvalue weighted by Crippen LogP contribution is -2.54. The van der Waals surface area contributed by atoms with Gasteiger partial charge in [0.1, 0.15) is 12.3 Å². The molecule has 9 heteroatoms. The van der Waals surface area contributed by atoms with Crippen molar-refractivity contribution in [3.05, 3.63) is 36.4 Å². The van der Waals surface area contributed by atoms with E-state index in [1.165, 1.54) is 0 Å². The fourth-order valence-corrected chi connectivity index (χ4v) is 4.11. The van der Waals surface area contributed by atoms with Gasteiger partial charge >= 0.3 is 6.03 Å². The number of urea groups is 1. The molecular formula is C27H40N6O3. The van der Waals surface area contributed by atoms with Crippen LogP contribution in [0.3, 0.4) is 0 Å². The van der Waals surface area contributed by atoms with Gasteiger partial charge < -0.3 is 24.8 Å². The molecule has 1 saturated heterocycles. The number of carbonyl (C=O) groups is 2. The molecule has 2 aromatic rings. The summed E-state index contributed by atoms with van der Waals surface area (Å²) in [5, 5.41) is 11.9. The van der Waals surface area contributed by atoms with E-state index in [-0.39, 0.29) is 30.1 Å². The molecule has 0 bridgehead atoms. The lowest BCUT2D eigenvalue weighted by Gasteiger charge is -2.33. The molecule has 3 amide bonds. The second-order valence-corrected chi connectivity index (χ2v) is 10.3. The van der Waals surface area contributed by atoms with Crippen LogP contribution in [0, 0.1) is 0 Å². The van der Waals surface area contributed by atoms with E-state index in [1.807, 2.05) is 75.9 Å². The van der Waals surface area contributed by atoms with E-state index < -0.39 is 0 Å². The number of rotatable bonds is 7. The van der Waals surface area contributed by atoms with Crippen LogP contribution in [0.25, 0.3) is 11.3 Å². The van der Waals surface area contributed by atoms with Crippen LogP contribution in [0.2, 0.25) is 0 Å². The number of carbonyl (C=O) groups excluding carboxylic acids is 2. The summed E-state index contributed by atoms with van der Waals surface area (Å²) in [7, 11) is 1.64. The summed E-state index contributed by atoms with van der Waals surface area (Å²) in [5.41, 5.74) is 1.36. The van der Waals surface area contributed by atoms with Crippen molar-refractivity contribution in [2.24, 2.45) is 0 Å². The first-order chi connectivity index (χ1) is 17.1. The fraction of sp³-hybridized carbons (Fsp3) is 0.556. The first-order valence-electron chi connectivity index (χ1n) is 12.7. The molecule has 196 valence electrons. The maximum absolute atomic E-state index is 13.2.